The van der Waals surface area contributed by atoms with Gasteiger partial charge >= 0.3 is 0 Å². The molecule has 2 N–H and O–H groups in total. The fraction of sp³-hybridized carbons (Fsp3) is 0.294. The molecular formula is C102H66ClN2O2-. The lowest BCUT2D eigenvalue weighted by molar-refractivity contribution is -0.0000198. The fourth-order valence-corrected chi connectivity index (χ4v) is 35.6. The first-order valence-electron chi connectivity index (χ1n) is 41.0. The minimum absolute atomic E-state index is 0. The molecule has 0 saturated heterocycles. The van der Waals surface area contributed by atoms with Gasteiger partial charge in [0.15, 0.2) is 5.34 Å². The third-order valence-electron chi connectivity index (χ3n) is 37.1. The van der Waals surface area contributed by atoms with Gasteiger partial charge in [-0.2, -0.15) is 0 Å². The molecule has 14 atom stereocenters. The highest BCUT2D eigenvalue weighted by Gasteiger charge is 2.97. The molecule has 0 amide bonds. The van der Waals surface area contributed by atoms with E-state index in [1.807, 2.05) is 33.4 Å². The maximum absolute atomic E-state index is 9.31. The highest BCUT2D eigenvalue weighted by molar-refractivity contribution is 6.64. The normalized spacial score (nSPS) is 31.7. The maximum Gasteiger partial charge on any atom is 0.155 e. The number of nitrogen functional groups attached to an aromatic ring is 1. The number of fused-ring (bicyclic) bond motifs is 10. The number of hydrogen-bond acceptors (Lipinski definition) is 4. The third-order valence-corrected chi connectivity index (χ3v) is 37.1. The molecular weight excluding hydrogens is 1320 g/mol. The molecule has 14 aliphatic rings. The van der Waals surface area contributed by atoms with Gasteiger partial charge in [-0.05, 0) is 390 Å². The summed E-state index contributed by atoms with van der Waals surface area (Å²) in [5, 5.41) is 60.9. The molecule has 14 aliphatic carbocycles. The van der Waals surface area contributed by atoms with E-state index < -0.39 is 0 Å². The number of halogens is 1. The van der Waals surface area contributed by atoms with Crippen LogP contribution in [0.2, 0.25) is 0 Å². The van der Waals surface area contributed by atoms with Crippen molar-refractivity contribution in [2.45, 2.75) is 160 Å². The van der Waals surface area contributed by atoms with Crippen molar-refractivity contribution in [1.29, 1.82) is 0 Å². The molecule has 0 bridgehead atoms. The lowest BCUT2D eigenvalue weighted by atomic mass is 9.61. The van der Waals surface area contributed by atoms with Gasteiger partial charge in [0.25, 0.3) is 0 Å². The predicted octanol–water partition coefficient (Wildman–Crippen LogP) is 22.6. The van der Waals surface area contributed by atoms with Crippen LogP contribution < -0.4 is 18.1 Å². The molecule has 5 heteroatoms. The first-order valence-corrected chi connectivity index (χ1v) is 41.0. The quantitative estimate of drug-likeness (QED) is 0.0593. The van der Waals surface area contributed by atoms with Crippen molar-refractivity contribution in [3.8, 4) is 0 Å². The number of hydrogen-bond donors (Lipinski definition) is 1. The Morgan fingerprint density at radius 1 is 0.364 bits per heavy atom. The Morgan fingerprint density at radius 2 is 0.710 bits per heavy atom. The van der Waals surface area contributed by atoms with Crippen LogP contribution in [0.25, 0.3) is 194 Å². The van der Waals surface area contributed by atoms with Gasteiger partial charge in [-0.15, -0.1) is 4.91 Å². The molecule has 22 aromatic carbocycles. The summed E-state index contributed by atoms with van der Waals surface area (Å²) in [6.45, 7) is 12.4. The van der Waals surface area contributed by atoms with Crippen LogP contribution in [0.3, 0.4) is 0 Å². The van der Waals surface area contributed by atoms with Crippen molar-refractivity contribution in [3.63, 3.8) is 0 Å². The number of rotatable bonds is 6. The van der Waals surface area contributed by atoms with Crippen LogP contribution in [0, 0.1) is 29.6 Å². The summed E-state index contributed by atoms with van der Waals surface area (Å²) < 4.78 is 0. The Hall–Kier alpha value is -9.87. The predicted molar refractivity (Wildman–Crippen MR) is 435 cm³/mol. The minimum Gasteiger partial charge on any atom is -1.00 e. The number of nitrogens with two attached hydrogens (primary N) is 1. The van der Waals surface area contributed by atoms with Crippen LogP contribution >= 0.6 is 0 Å². The van der Waals surface area contributed by atoms with Gasteiger partial charge < -0.3 is 23.0 Å². The van der Waals surface area contributed by atoms with E-state index in [4.69, 9.17) is 5.73 Å². The zero-order chi connectivity index (χ0) is 67.8. The smallest absolute Gasteiger partial charge is 0.155 e. The number of benzene rings is 16. The van der Waals surface area contributed by atoms with E-state index in [1.54, 1.807) is 195 Å². The average molecular weight is 1390 g/mol. The Balaban J connectivity index is 0.0000000959. The molecule has 22 aromatic rings. The molecule has 504 valence electrons. The van der Waals surface area contributed by atoms with E-state index in [2.05, 4.69) is 166 Å². The molecule has 14 unspecified atom stereocenters. The van der Waals surface area contributed by atoms with Crippen molar-refractivity contribution in [3.05, 3.63) is 210 Å². The van der Waals surface area contributed by atoms with Gasteiger partial charge in [0.2, 0.25) is 0 Å². The molecule has 107 heavy (non-hydrogen) atoms. The van der Waals surface area contributed by atoms with Crippen LogP contribution in [0.15, 0.2) is 127 Å². The maximum atomic E-state index is 9.31. The minimum atomic E-state index is 0. The number of aryl methyl sites for hydroxylation is 1. The molecule has 4 nitrogen and oxygen atoms in total. The second kappa shape index (κ2) is 15.0. The van der Waals surface area contributed by atoms with E-state index >= 15 is 0 Å². The van der Waals surface area contributed by atoms with Crippen molar-refractivity contribution in [1.82, 2.24) is 0 Å². The van der Waals surface area contributed by atoms with E-state index in [0.717, 1.165) is 18.0 Å². The van der Waals surface area contributed by atoms with E-state index in [0.29, 0.717) is 54.0 Å². The van der Waals surface area contributed by atoms with Gasteiger partial charge in [0.05, 0.1) is 0 Å². The van der Waals surface area contributed by atoms with Crippen molar-refractivity contribution in [2.24, 2.45) is 23.1 Å². The molecule has 0 aliphatic heterocycles. The van der Waals surface area contributed by atoms with E-state index in [1.165, 1.54) is 100 Å². The summed E-state index contributed by atoms with van der Waals surface area (Å²) in [5.74, 6) is 5.73. The van der Waals surface area contributed by atoms with Crippen LogP contribution in [0.4, 0.5) is 5.69 Å². The number of anilines is 1. The molecule has 4 fully saturated rings. The van der Waals surface area contributed by atoms with Crippen LogP contribution in [-0.2, 0) is 37.3 Å². The summed E-state index contributed by atoms with van der Waals surface area (Å²) in [7, 11) is 0. The SMILES string of the molecule is CC(C)CCON=O.CC1(c2ccc(N)cc2)C23c4c5c6ccc7c8ccc9c%10ccc%11c%12c%13c%14c%15c(c%16c4c4c(c57)c8c9c(c%10%12)c4c%13%16)C12C(CCC63)C%15CCC%11%14.Cc1ccc(C2(C)C34c5c6c7ccc8c9ccc%10c%11ccc%12c%13c%14c%15c%16c(c%17c5c5c(c68)c9c%10c(c%11%13)c5c%14%17)C23C(CCC74)C%16CCC%12%15)cc1.[Cl-]. The molecule has 0 aromatic heterocycles. The van der Waals surface area contributed by atoms with Gasteiger partial charge in [0.1, 0.15) is 6.61 Å². The summed E-state index contributed by atoms with van der Waals surface area (Å²) in [4.78, 5) is 13.5. The average Bonchev–Trinajstić information content (AvgIpc) is 1.38. The second-order valence-corrected chi connectivity index (χ2v) is 38.8. The highest BCUT2D eigenvalue weighted by atomic mass is 35.5. The Kier molecular flexibility index (Phi) is 7.53. The highest BCUT2D eigenvalue weighted by Crippen LogP contribution is 2.99. The lowest BCUT2D eigenvalue weighted by Crippen LogP contribution is -3.00. The van der Waals surface area contributed by atoms with Gasteiger partial charge in [-0.3, -0.25) is 0 Å². The number of nitrogens with zero attached hydrogens (tertiary/aromatic N) is 1. The summed E-state index contributed by atoms with van der Waals surface area (Å²) >= 11 is 0. The molecule has 0 radical (unpaired) electrons. The summed E-state index contributed by atoms with van der Waals surface area (Å²) in [6.07, 6.45) is 11.7. The third kappa shape index (κ3) is 4.11. The zero-order valence-electron chi connectivity index (χ0n) is 60.0. The van der Waals surface area contributed by atoms with Crippen LogP contribution in [0.5, 0.6) is 0 Å². The van der Waals surface area contributed by atoms with Gasteiger partial charge in [-0.25, -0.2) is 0 Å². The molecule has 36 rings (SSSR count). The standard InChI is InChI=1S/C49H28.C48H27N.C5H11NO2.ClH/c1-17-3-5-18(6-4-17)47(2)48-27-15-16-28-26-14-12-24-22-10-8-20-19-7-9-21-23-11-13-25(27)35-33(23)38-31(21)29(19)37-30(20)32(22)39-34(24)36(26)46(49(28,47)48)44-42(39)40(37)41(38)43(44)45(35)48;1-46(16-2-4-17(49)5-3-16)47-26-14-15-27-25-13-11-23-21-9-7-19-18-6-8-20-22-10-12-24(26)34-32(22)37-30(20)28(18)36-29(19)31(21)38-33(23)35(25)45(48(27,46)47)43-41(38)39(36)40(37)42(43)44(34)47;1-5(2)3-4-8-6-7;/h3-11,13,24,26-28H,12,14-16H2,1-2H3;2-10,12,23,25-27H,11,13-15,49H2,1H3;5H,3-4H2,1-2H3;1H/p-1. The molecule has 4 saturated carbocycles. The largest absolute Gasteiger partial charge is 1.00 e. The summed E-state index contributed by atoms with van der Waals surface area (Å²) in [6, 6.07) is 50.2. The van der Waals surface area contributed by atoms with Gasteiger partial charge in [0, 0.05) is 50.0 Å². The van der Waals surface area contributed by atoms with E-state index in [9.17, 15) is 4.91 Å². The Labute approximate surface area is 618 Å². The van der Waals surface area contributed by atoms with Crippen molar-refractivity contribution in [2.75, 3.05) is 12.3 Å². The second-order valence-electron chi connectivity index (χ2n) is 38.8. The van der Waals surface area contributed by atoms with Crippen LogP contribution in [0.1, 0.15) is 204 Å². The van der Waals surface area contributed by atoms with Crippen molar-refractivity contribution < 1.29 is 17.2 Å². The first kappa shape index (κ1) is 53.8. The van der Waals surface area contributed by atoms with E-state index in [-0.39, 0.29) is 44.9 Å². The Bertz CT molecular complexity index is 7770. The lowest BCUT2D eigenvalue weighted by Gasteiger charge is -2.40. The topological polar surface area (TPSA) is 64.7 Å². The zero-order valence-corrected chi connectivity index (χ0v) is 60.8. The first-order chi connectivity index (χ1) is 52.1. The molecule has 4 spiro atoms. The van der Waals surface area contributed by atoms with Crippen LogP contribution in [-0.4, -0.2) is 6.61 Å². The monoisotopic (exact) mass is 1390 g/mol. The Morgan fingerprint density at radius 3 is 1.12 bits per heavy atom. The van der Waals surface area contributed by atoms with Crippen molar-refractivity contribution >= 4 is 200 Å². The summed E-state index contributed by atoms with van der Waals surface area (Å²) in [5.41, 5.74) is 34.1. The molecule has 0 heterocycles. The van der Waals surface area contributed by atoms with Gasteiger partial charge in [-0.1, -0.05) is 142 Å². The fourth-order valence-electron chi connectivity index (χ4n) is 35.6.